The molecule has 0 spiro atoms. The van der Waals surface area contributed by atoms with Crippen LogP contribution < -0.4 is 0 Å². The molecular weight excluding hydrogens is 322 g/mol. The Kier molecular flexibility index (Phi) is 5.05. The number of nitrogens with zero attached hydrogens (tertiary/aromatic N) is 3. The Morgan fingerprint density at radius 2 is 2.00 bits per heavy atom. The third kappa shape index (κ3) is 4.08. The lowest BCUT2D eigenvalue weighted by molar-refractivity contribution is -0.130. The van der Waals surface area contributed by atoms with Gasteiger partial charge in [0, 0.05) is 32.0 Å². The van der Waals surface area contributed by atoms with Crippen molar-refractivity contribution in [1.82, 2.24) is 15.1 Å². The second kappa shape index (κ2) is 7.40. The van der Waals surface area contributed by atoms with Gasteiger partial charge in [-0.25, -0.2) is 0 Å². The monoisotopic (exact) mass is 341 g/mol. The summed E-state index contributed by atoms with van der Waals surface area (Å²) in [5, 5.41) is 12.2. The molecule has 6 heteroatoms. The number of carbonyl (C=O) groups excluding carboxylic acids is 1. The molecule has 0 aliphatic carbocycles. The van der Waals surface area contributed by atoms with Crippen molar-refractivity contribution in [3.8, 4) is 11.5 Å². The highest BCUT2D eigenvalue weighted by Gasteiger charge is 2.13. The quantitative estimate of drug-likeness (QED) is 0.686. The maximum absolute atomic E-state index is 12.2. The van der Waals surface area contributed by atoms with Crippen LogP contribution in [0.5, 0.6) is 0 Å². The Morgan fingerprint density at radius 1 is 1.21 bits per heavy atom. The van der Waals surface area contributed by atoms with Gasteiger partial charge in [0.25, 0.3) is 0 Å². The molecule has 0 bridgehead atoms. The number of aryl methyl sites for hydroxylation is 2. The van der Waals surface area contributed by atoms with Crippen molar-refractivity contribution < 1.29 is 9.21 Å². The van der Waals surface area contributed by atoms with Crippen molar-refractivity contribution in [1.29, 1.82) is 0 Å². The molecule has 2 heterocycles. The summed E-state index contributed by atoms with van der Waals surface area (Å²) in [5.41, 5.74) is 3.22. The Labute approximate surface area is 144 Å². The topological polar surface area (TPSA) is 59.2 Å². The molecule has 1 aromatic carbocycles. The minimum Gasteiger partial charge on any atom is -0.421 e. The number of amides is 1. The van der Waals surface area contributed by atoms with Crippen LogP contribution in [0.25, 0.3) is 11.5 Å². The molecule has 24 heavy (non-hydrogen) atoms. The highest BCUT2D eigenvalue weighted by atomic mass is 32.1. The molecule has 0 saturated carbocycles. The van der Waals surface area contributed by atoms with Crippen molar-refractivity contribution in [2.24, 2.45) is 0 Å². The van der Waals surface area contributed by atoms with E-state index in [4.69, 9.17) is 4.42 Å². The maximum Gasteiger partial charge on any atom is 0.247 e. The largest absolute Gasteiger partial charge is 0.421 e. The molecule has 0 radical (unpaired) electrons. The van der Waals surface area contributed by atoms with E-state index in [0.29, 0.717) is 31.2 Å². The van der Waals surface area contributed by atoms with Gasteiger partial charge in [0.05, 0.1) is 0 Å². The van der Waals surface area contributed by atoms with Crippen LogP contribution in [0, 0.1) is 6.92 Å². The Balaban J connectivity index is 1.55. The van der Waals surface area contributed by atoms with E-state index < -0.39 is 0 Å². The molecule has 124 valence electrons. The second-order valence-corrected chi connectivity index (χ2v) is 6.53. The van der Waals surface area contributed by atoms with E-state index in [2.05, 4.69) is 15.6 Å². The summed E-state index contributed by atoms with van der Waals surface area (Å²) < 4.78 is 5.65. The number of hydrogen-bond acceptors (Lipinski definition) is 5. The van der Waals surface area contributed by atoms with E-state index in [1.807, 2.05) is 49.7 Å². The number of benzene rings is 1. The van der Waals surface area contributed by atoms with Gasteiger partial charge in [-0.15, -0.1) is 10.2 Å². The molecule has 3 rings (SSSR count). The zero-order valence-electron chi connectivity index (χ0n) is 13.7. The van der Waals surface area contributed by atoms with Gasteiger partial charge >= 0.3 is 0 Å². The fraction of sp³-hybridized carbons (Fsp3) is 0.278. The molecule has 3 aromatic rings. The standard InChI is InChI=1S/C18H19N3O2S/c1-13-3-5-15(6-4-13)18-20-19-16(23-18)7-8-17(22)21(2)11-14-9-10-24-12-14/h3-6,9-10,12H,7-8,11H2,1-2H3. The van der Waals surface area contributed by atoms with Crippen molar-refractivity contribution >= 4 is 17.2 Å². The zero-order valence-corrected chi connectivity index (χ0v) is 14.5. The Morgan fingerprint density at radius 3 is 2.71 bits per heavy atom. The molecule has 0 aliphatic rings. The van der Waals surface area contributed by atoms with Crippen LogP contribution in [0.1, 0.15) is 23.4 Å². The first-order valence-electron chi connectivity index (χ1n) is 7.76. The number of rotatable bonds is 6. The molecule has 0 fully saturated rings. The summed E-state index contributed by atoms with van der Waals surface area (Å²) in [7, 11) is 1.81. The fourth-order valence-electron chi connectivity index (χ4n) is 2.32. The fourth-order valence-corrected chi connectivity index (χ4v) is 2.98. The molecular formula is C18H19N3O2S. The maximum atomic E-state index is 12.2. The average Bonchev–Trinajstić information content (AvgIpc) is 3.25. The minimum atomic E-state index is 0.0660. The summed E-state index contributed by atoms with van der Waals surface area (Å²) in [5.74, 6) is 1.04. The van der Waals surface area contributed by atoms with Gasteiger partial charge in [0.15, 0.2) is 0 Å². The number of hydrogen-bond donors (Lipinski definition) is 0. The first kappa shape index (κ1) is 16.4. The van der Waals surface area contributed by atoms with E-state index in [0.717, 1.165) is 11.1 Å². The summed E-state index contributed by atoms with van der Waals surface area (Å²) in [6.45, 7) is 2.65. The van der Waals surface area contributed by atoms with Crippen molar-refractivity contribution in [3.63, 3.8) is 0 Å². The lowest BCUT2D eigenvalue weighted by Crippen LogP contribution is -2.26. The molecule has 0 N–H and O–H groups in total. The Bertz CT molecular complexity index is 794. The van der Waals surface area contributed by atoms with Crippen molar-refractivity contribution in [3.05, 3.63) is 58.1 Å². The van der Waals surface area contributed by atoms with E-state index in [1.54, 1.807) is 16.2 Å². The van der Waals surface area contributed by atoms with Crippen LogP contribution in [0.4, 0.5) is 0 Å². The molecule has 0 aliphatic heterocycles. The van der Waals surface area contributed by atoms with E-state index in [9.17, 15) is 4.79 Å². The first-order chi connectivity index (χ1) is 11.6. The van der Waals surface area contributed by atoms with Crippen LogP contribution in [0.15, 0.2) is 45.5 Å². The lowest BCUT2D eigenvalue weighted by atomic mass is 10.1. The SMILES string of the molecule is Cc1ccc(-c2nnc(CCC(=O)N(C)Cc3ccsc3)o2)cc1. The molecule has 0 unspecified atom stereocenters. The highest BCUT2D eigenvalue weighted by molar-refractivity contribution is 7.07. The van der Waals surface area contributed by atoms with E-state index in [-0.39, 0.29) is 5.91 Å². The predicted octanol–water partition coefficient (Wildman–Crippen LogP) is 3.70. The van der Waals surface area contributed by atoms with E-state index in [1.165, 1.54) is 5.56 Å². The number of carbonyl (C=O) groups is 1. The van der Waals surface area contributed by atoms with Gasteiger partial charge in [-0.05, 0) is 41.4 Å². The highest BCUT2D eigenvalue weighted by Crippen LogP contribution is 2.19. The normalized spacial score (nSPS) is 10.8. The van der Waals surface area contributed by atoms with Crippen LogP contribution in [0.3, 0.4) is 0 Å². The van der Waals surface area contributed by atoms with Crippen LogP contribution in [-0.2, 0) is 17.8 Å². The summed E-state index contributed by atoms with van der Waals surface area (Å²) in [6, 6.07) is 9.93. The summed E-state index contributed by atoms with van der Waals surface area (Å²) in [4.78, 5) is 13.9. The molecule has 5 nitrogen and oxygen atoms in total. The molecule has 2 aromatic heterocycles. The van der Waals surface area contributed by atoms with Crippen molar-refractivity contribution in [2.45, 2.75) is 26.3 Å². The number of aromatic nitrogens is 2. The predicted molar refractivity (Wildman–Crippen MR) is 93.6 cm³/mol. The van der Waals surface area contributed by atoms with Gasteiger partial charge < -0.3 is 9.32 Å². The summed E-state index contributed by atoms with van der Waals surface area (Å²) >= 11 is 1.63. The molecule has 0 atom stereocenters. The molecule has 0 saturated heterocycles. The third-order valence-electron chi connectivity index (χ3n) is 3.74. The third-order valence-corrected chi connectivity index (χ3v) is 4.48. The van der Waals surface area contributed by atoms with Crippen LogP contribution in [-0.4, -0.2) is 28.1 Å². The first-order valence-corrected chi connectivity index (χ1v) is 8.70. The van der Waals surface area contributed by atoms with Gasteiger partial charge in [-0.3, -0.25) is 4.79 Å². The smallest absolute Gasteiger partial charge is 0.247 e. The number of thiophene rings is 1. The Hall–Kier alpha value is -2.47. The zero-order chi connectivity index (χ0) is 16.9. The van der Waals surface area contributed by atoms with E-state index >= 15 is 0 Å². The second-order valence-electron chi connectivity index (χ2n) is 5.75. The van der Waals surface area contributed by atoms with Gasteiger partial charge in [-0.1, -0.05) is 17.7 Å². The van der Waals surface area contributed by atoms with Crippen LogP contribution in [0.2, 0.25) is 0 Å². The molecule has 1 amide bonds. The summed E-state index contributed by atoms with van der Waals surface area (Å²) in [6.07, 6.45) is 0.807. The minimum absolute atomic E-state index is 0.0660. The van der Waals surface area contributed by atoms with Gasteiger partial charge in [-0.2, -0.15) is 11.3 Å². The van der Waals surface area contributed by atoms with Crippen molar-refractivity contribution in [2.75, 3.05) is 7.05 Å². The van der Waals surface area contributed by atoms with Gasteiger partial charge in [0.1, 0.15) is 0 Å². The average molecular weight is 341 g/mol. The lowest BCUT2D eigenvalue weighted by Gasteiger charge is -2.15. The van der Waals surface area contributed by atoms with Crippen LogP contribution >= 0.6 is 11.3 Å². The van der Waals surface area contributed by atoms with Gasteiger partial charge in [0.2, 0.25) is 17.7 Å².